The van der Waals surface area contributed by atoms with Crippen molar-refractivity contribution in [2.75, 3.05) is 7.05 Å². The molecule has 4 atom stereocenters. The molecule has 0 aliphatic carbocycles. The van der Waals surface area contributed by atoms with Crippen LogP contribution in [0.1, 0.15) is 46.5 Å². The lowest BCUT2D eigenvalue weighted by Crippen LogP contribution is -2.42. The van der Waals surface area contributed by atoms with Gasteiger partial charge in [0.2, 0.25) is 0 Å². The predicted octanol–water partition coefficient (Wildman–Crippen LogP) is 2.58. The molecule has 84 valence electrons. The average Bonchev–Trinajstić information content (AvgIpc) is 2.54. The molecule has 0 amide bonds. The molecule has 4 unspecified atom stereocenters. The summed E-state index contributed by atoms with van der Waals surface area (Å²) < 4.78 is 5.92. The van der Waals surface area contributed by atoms with Crippen LogP contribution in [0.4, 0.5) is 0 Å². The molecule has 1 aliphatic rings. The van der Waals surface area contributed by atoms with E-state index < -0.39 is 0 Å². The topological polar surface area (TPSA) is 21.3 Å². The normalized spacial score (nSPS) is 31.7. The van der Waals surface area contributed by atoms with Gasteiger partial charge in [-0.2, -0.15) is 0 Å². The van der Waals surface area contributed by atoms with E-state index in [0.717, 1.165) is 5.92 Å². The SMILES string of the molecule is CCCC(C)C(NC)C1CCC(C)O1. The average molecular weight is 199 g/mol. The van der Waals surface area contributed by atoms with E-state index in [1.54, 1.807) is 0 Å². The van der Waals surface area contributed by atoms with E-state index >= 15 is 0 Å². The Bertz CT molecular complexity index is 160. The van der Waals surface area contributed by atoms with Gasteiger partial charge in [0, 0.05) is 6.04 Å². The van der Waals surface area contributed by atoms with Crippen molar-refractivity contribution in [1.82, 2.24) is 5.32 Å². The number of ether oxygens (including phenoxy) is 1. The summed E-state index contributed by atoms with van der Waals surface area (Å²) in [5.74, 6) is 0.722. The second kappa shape index (κ2) is 5.72. The second-order valence-corrected chi connectivity index (χ2v) is 4.64. The Kier molecular flexibility index (Phi) is 4.90. The molecule has 1 saturated heterocycles. The Hall–Kier alpha value is -0.0800. The molecule has 2 heteroatoms. The van der Waals surface area contributed by atoms with Gasteiger partial charge in [-0.25, -0.2) is 0 Å². The van der Waals surface area contributed by atoms with Crippen molar-refractivity contribution < 1.29 is 4.74 Å². The Morgan fingerprint density at radius 1 is 1.43 bits per heavy atom. The molecule has 1 fully saturated rings. The number of rotatable bonds is 5. The van der Waals surface area contributed by atoms with Gasteiger partial charge in [-0.3, -0.25) is 0 Å². The van der Waals surface area contributed by atoms with E-state index in [1.807, 2.05) is 0 Å². The van der Waals surface area contributed by atoms with Crippen LogP contribution in [0.15, 0.2) is 0 Å². The summed E-state index contributed by atoms with van der Waals surface area (Å²) in [7, 11) is 2.06. The minimum atomic E-state index is 0.441. The third kappa shape index (κ3) is 2.96. The summed E-state index contributed by atoms with van der Waals surface area (Å²) >= 11 is 0. The molecule has 0 aromatic carbocycles. The van der Waals surface area contributed by atoms with Gasteiger partial charge >= 0.3 is 0 Å². The lowest BCUT2D eigenvalue weighted by Gasteiger charge is -2.28. The Balaban J connectivity index is 2.44. The van der Waals surface area contributed by atoms with E-state index in [-0.39, 0.29) is 0 Å². The van der Waals surface area contributed by atoms with Gasteiger partial charge in [-0.05, 0) is 39.2 Å². The molecule has 1 heterocycles. The zero-order valence-electron chi connectivity index (χ0n) is 10.0. The van der Waals surface area contributed by atoms with E-state index in [0.29, 0.717) is 18.2 Å². The third-order valence-corrected chi connectivity index (χ3v) is 3.36. The molecule has 2 nitrogen and oxygen atoms in total. The van der Waals surface area contributed by atoms with Gasteiger partial charge in [0.1, 0.15) is 0 Å². The zero-order chi connectivity index (χ0) is 10.6. The molecule has 14 heavy (non-hydrogen) atoms. The standard InChI is InChI=1S/C12H25NO/c1-5-6-9(2)12(13-4)11-8-7-10(3)14-11/h9-13H,5-8H2,1-4H3. The molecule has 0 aromatic heterocycles. The van der Waals surface area contributed by atoms with E-state index in [4.69, 9.17) is 4.74 Å². The summed E-state index contributed by atoms with van der Waals surface area (Å²) in [6, 6.07) is 0.542. The maximum atomic E-state index is 5.92. The van der Waals surface area contributed by atoms with Crippen molar-refractivity contribution >= 4 is 0 Å². The lowest BCUT2D eigenvalue weighted by atomic mass is 9.91. The van der Waals surface area contributed by atoms with Gasteiger partial charge in [0.05, 0.1) is 12.2 Å². The molecule has 0 aromatic rings. The van der Waals surface area contributed by atoms with Crippen LogP contribution in [0.5, 0.6) is 0 Å². The molecule has 1 rings (SSSR count). The molecule has 0 spiro atoms. The van der Waals surface area contributed by atoms with Gasteiger partial charge in [-0.1, -0.05) is 20.3 Å². The summed E-state index contributed by atoms with van der Waals surface area (Å²) in [4.78, 5) is 0. The fourth-order valence-electron chi connectivity index (χ4n) is 2.57. The predicted molar refractivity (Wildman–Crippen MR) is 60.5 cm³/mol. The highest BCUT2D eigenvalue weighted by Gasteiger charge is 2.31. The molecule has 0 bridgehead atoms. The van der Waals surface area contributed by atoms with Crippen molar-refractivity contribution in [3.63, 3.8) is 0 Å². The third-order valence-electron chi connectivity index (χ3n) is 3.36. The van der Waals surface area contributed by atoms with Crippen molar-refractivity contribution in [3.8, 4) is 0 Å². The number of hydrogen-bond donors (Lipinski definition) is 1. The summed E-state index contributed by atoms with van der Waals surface area (Å²) in [5.41, 5.74) is 0. The van der Waals surface area contributed by atoms with E-state index in [2.05, 4.69) is 33.1 Å². The Labute approximate surface area is 88.4 Å². The first-order valence-corrected chi connectivity index (χ1v) is 6.01. The van der Waals surface area contributed by atoms with Crippen LogP contribution in [-0.4, -0.2) is 25.3 Å². The van der Waals surface area contributed by atoms with Crippen molar-refractivity contribution in [1.29, 1.82) is 0 Å². The first-order chi connectivity index (χ1) is 6.69. The molecular formula is C12H25NO. The first kappa shape index (κ1) is 12.0. The molecule has 1 aliphatic heterocycles. The van der Waals surface area contributed by atoms with Crippen LogP contribution in [-0.2, 0) is 4.74 Å². The molecule has 0 saturated carbocycles. The van der Waals surface area contributed by atoms with E-state index in [1.165, 1.54) is 25.7 Å². The smallest absolute Gasteiger partial charge is 0.0735 e. The minimum Gasteiger partial charge on any atom is -0.374 e. The van der Waals surface area contributed by atoms with Gasteiger partial charge in [0.25, 0.3) is 0 Å². The largest absolute Gasteiger partial charge is 0.374 e. The highest BCUT2D eigenvalue weighted by Crippen LogP contribution is 2.26. The quantitative estimate of drug-likeness (QED) is 0.735. The van der Waals surface area contributed by atoms with Gasteiger partial charge in [-0.15, -0.1) is 0 Å². The fraction of sp³-hybridized carbons (Fsp3) is 1.00. The second-order valence-electron chi connectivity index (χ2n) is 4.64. The Morgan fingerprint density at radius 3 is 2.57 bits per heavy atom. The first-order valence-electron chi connectivity index (χ1n) is 6.01. The Morgan fingerprint density at radius 2 is 2.14 bits per heavy atom. The molecular weight excluding hydrogens is 174 g/mol. The van der Waals surface area contributed by atoms with Crippen LogP contribution in [0.2, 0.25) is 0 Å². The zero-order valence-corrected chi connectivity index (χ0v) is 10.0. The van der Waals surface area contributed by atoms with Crippen molar-refractivity contribution in [2.24, 2.45) is 5.92 Å². The maximum absolute atomic E-state index is 5.92. The lowest BCUT2D eigenvalue weighted by molar-refractivity contribution is 0.0201. The van der Waals surface area contributed by atoms with Crippen LogP contribution >= 0.6 is 0 Å². The van der Waals surface area contributed by atoms with Crippen molar-refractivity contribution in [3.05, 3.63) is 0 Å². The van der Waals surface area contributed by atoms with Crippen LogP contribution in [0, 0.1) is 5.92 Å². The number of hydrogen-bond acceptors (Lipinski definition) is 2. The van der Waals surface area contributed by atoms with Gasteiger partial charge < -0.3 is 10.1 Å². The molecule has 0 radical (unpaired) electrons. The van der Waals surface area contributed by atoms with Gasteiger partial charge in [0.15, 0.2) is 0 Å². The molecule has 1 N–H and O–H groups in total. The van der Waals surface area contributed by atoms with Crippen molar-refractivity contribution in [2.45, 2.75) is 64.7 Å². The fourth-order valence-corrected chi connectivity index (χ4v) is 2.57. The monoisotopic (exact) mass is 199 g/mol. The van der Waals surface area contributed by atoms with Crippen LogP contribution in [0.3, 0.4) is 0 Å². The number of nitrogens with one attached hydrogen (secondary N) is 1. The minimum absolute atomic E-state index is 0.441. The summed E-state index contributed by atoms with van der Waals surface area (Å²) in [6.07, 6.45) is 5.91. The van der Waals surface area contributed by atoms with Crippen LogP contribution in [0.25, 0.3) is 0 Å². The highest BCUT2D eigenvalue weighted by molar-refractivity contribution is 4.85. The summed E-state index contributed by atoms with van der Waals surface area (Å²) in [5, 5.41) is 3.42. The maximum Gasteiger partial charge on any atom is 0.0735 e. The van der Waals surface area contributed by atoms with Crippen LogP contribution < -0.4 is 5.32 Å². The van der Waals surface area contributed by atoms with E-state index in [9.17, 15) is 0 Å². The number of likely N-dealkylation sites (N-methyl/N-ethyl adjacent to an activating group) is 1. The summed E-state index contributed by atoms with van der Waals surface area (Å²) in [6.45, 7) is 6.76. The highest BCUT2D eigenvalue weighted by atomic mass is 16.5.